The van der Waals surface area contributed by atoms with Crippen LogP contribution in [-0.4, -0.2) is 23.6 Å². The highest BCUT2D eigenvalue weighted by molar-refractivity contribution is 5.91. The molecule has 120 valence electrons. The molecule has 1 amide bonds. The van der Waals surface area contributed by atoms with Gasteiger partial charge in [0.2, 0.25) is 0 Å². The zero-order chi connectivity index (χ0) is 16.8. The molecule has 0 fully saturated rings. The second kappa shape index (κ2) is 7.40. The number of phenolic OH excluding ortho intramolecular Hbond substituents is 1. The lowest BCUT2D eigenvalue weighted by Gasteiger charge is -2.14. The Morgan fingerprint density at radius 2 is 1.91 bits per heavy atom. The Balaban J connectivity index is 1.85. The van der Waals surface area contributed by atoms with Gasteiger partial charge in [-0.15, -0.1) is 0 Å². The number of ether oxygens (including phenoxy) is 1. The van der Waals surface area contributed by atoms with Crippen molar-refractivity contribution in [2.24, 2.45) is 0 Å². The molecule has 2 N–H and O–H groups in total. The summed E-state index contributed by atoms with van der Waals surface area (Å²) in [5.41, 5.74) is 0.892. The summed E-state index contributed by atoms with van der Waals surface area (Å²) in [6, 6.07) is 11.1. The van der Waals surface area contributed by atoms with E-state index in [0.717, 1.165) is 5.56 Å². The summed E-state index contributed by atoms with van der Waals surface area (Å²) < 4.78 is 17.7. The second-order valence-corrected chi connectivity index (χ2v) is 4.97. The number of hydrogen-bond donors (Lipinski definition) is 2. The number of aromatic hydroxyl groups is 1. The van der Waals surface area contributed by atoms with Crippen LogP contribution in [0.5, 0.6) is 5.75 Å². The molecule has 6 heteroatoms. The van der Waals surface area contributed by atoms with Crippen molar-refractivity contribution in [3.8, 4) is 5.75 Å². The Hall–Kier alpha value is -2.89. The quantitative estimate of drug-likeness (QED) is 0.831. The summed E-state index contributed by atoms with van der Waals surface area (Å²) in [7, 11) is 0. The van der Waals surface area contributed by atoms with Crippen LogP contribution in [0.25, 0.3) is 0 Å². The van der Waals surface area contributed by atoms with E-state index in [1.165, 1.54) is 36.4 Å². The Kier molecular flexibility index (Phi) is 5.30. The van der Waals surface area contributed by atoms with Gasteiger partial charge in [0, 0.05) is 0 Å². The molecular weight excluding hydrogens is 301 g/mol. The first-order valence-electron chi connectivity index (χ1n) is 6.96. The van der Waals surface area contributed by atoms with Crippen molar-refractivity contribution < 1.29 is 23.8 Å². The lowest BCUT2D eigenvalue weighted by molar-refractivity contribution is -0.124. The minimum absolute atomic E-state index is 0.0613. The van der Waals surface area contributed by atoms with Gasteiger partial charge in [-0.3, -0.25) is 4.79 Å². The molecule has 0 unspecified atom stereocenters. The fourth-order valence-electron chi connectivity index (χ4n) is 1.97. The third-order valence-electron chi connectivity index (χ3n) is 3.16. The predicted molar refractivity (Wildman–Crippen MR) is 81.3 cm³/mol. The molecule has 0 aliphatic heterocycles. The van der Waals surface area contributed by atoms with E-state index in [0.29, 0.717) is 0 Å². The van der Waals surface area contributed by atoms with Crippen molar-refractivity contribution in [3.63, 3.8) is 0 Å². The van der Waals surface area contributed by atoms with E-state index in [2.05, 4.69) is 5.32 Å². The molecule has 23 heavy (non-hydrogen) atoms. The summed E-state index contributed by atoms with van der Waals surface area (Å²) >= 11 is 0. The highest BCUT2D eigenvalue weighted by Gasteiger charge is 2.13. The van der Waals surface area contributed by atoms with Crippen molar-refractivity contribution >= 4 is 11.9 Å². The van der Waals surface area contributed by atoms with Crippen molar-refractivity contribution in [2.75, 3.05) is 6.61 Å². The summed E-state index contributed by atoms with van der Waals surface area (Å²) in [4.78, 5) is 23.5. The maximum absolute atomic E-state index is 12.8. The maximum atomic E-state index is 12.8. The Labute approximate surface area is 132 Å². The van der Waals surface area contributed by atoms with E-state index in [1.54, 1.807) is 19.1 Å². The molecule has 1 atom stereocenters. The minimum Gasteiger partial charge on any atom is -0.508 e. The first kappa shape index (κ1) is 16.5. The molecule has 2 aromatic carbocycles. The third kappa shape index (κ3) is 4.81. The van der Waals surface area contributed by atoms with Crippen molar-refractivity contribution in [2.45, 2.75) is 13.0 Å². The van der Waals surface area contributed by atoms with E-state index in [1.807, 2.05) is 0 Å². The van der Waals surface area contributed by atoms with Gasteiger partial charge in [0.05, 0.1) is 11.6 Å². The Morgan fingerprint density at radius 3 is 2.57 bits per heavy atom. The zero-order valence-corrected chi connectivity index (χ0v) is 12.5. The average molecular weight is 317 g/mol. The number of esters is 1. The van der Waals surface area contributed by atoms with Gasteiger partial charge in [0.25, 0.3) is 5.91 Å². The fraction of sp³-hybridized carbons (Fsp3) is 0.176. The van der Waals surface area contributed by atoms with Crippen LogP contribution in [-0.2, 0) is 9.53 Å². The first-order chi connectivity index (χ1) is 11.0. The van der Waals surface area contributed by atoms with Crippen molar-refractivity contribution in [1.29, 1.82) is 0 Å². The number of amides is 1. The number of halogens is 1. The molecule has 2 rings (SSSR count). The molecule has 0 aliphatic rings. The molecule has 0 saturated carbocycles. The molecule has 0 radical (unpaired) electrons. The van der Waals surface area contributed by atoms with Crippen LogP contribution in [0.15, 0.2) is 48.5 Å². The number of phenols is 1. The SMILES string of the molecule is C[C@@H](NC(=O)COC(=O)c1cccc(O)c1)c1ccc(F)cc1. The molecule has 0 aromatic heterocycles. The molecule has 5 nitrogen and oxygen atoms in total. The highest BCUT2D eigenvalue weighted by Crippen LogP contribution is 2.13. The van der Waals surface area contributed by atoms with Crippen LogP contribution < -0.4 is 5.32 Å². The predicted octanol–water partition coefficient (Wildman–Crippen LogP) is 2.57. The Morgan fingerprint density at radius 1 is 1.22 bits per heavy atom. The second-order valence-electron chi connectivity index (χ2n) is 4.97. The monoisotopic (exact) mass is 317 g/mol. The molecule has 2 aromatic rings. The van der Waals surface area contributed by atoms with E-state index in [-0.39, 0.29) is 23.2 Å². The molecule has 0 aliphatic carbocycles. The number of benzene rings is 2. The molecule has 0 heterocycles. The van der Waals surface area contributed by atoms with Crippen LogP contribution in [0.3, 0.4) is 0 Å². The van der Waals surface area contributed by atoms with Crippen molar-refractivity contribution in [3.05, 3.63) is 65.5 Å². The van der Waals surface area contributed by atoms with E-state index in [9.17, 15) is 19.1 Å². The number of carbonyl (C=O) groups is 2. The van der Waals surface area contributed by atoms with Crippen LogP contribution >= 0.6 is 0 Å². The highest BCUT2D eigenvalue weighted by atomic mass is 19.1. The van der Waals surface area contributed by atoms with Gasteiger partial charge >= 0.3 is 5.97 Å². The molecule has 0 saturated heterocycles. The van der Waals surface area contributed by atoms with Gasteiger partial charge < -0.3 is 15.2 Å². The van der Waals surface area contributed by atoms with Gasteiger partial charge in [-0.05, 0) is 42.8 Å². The van der Waals surface area contributed by atoms with Gasteiger partial charge in [-0.1, -0.05) is 18.2 Å². The maximum Gasteiger partial charge on any atom is 0.338 e. The van der Waals surface area contributed by atoms with Crippen LogP contribution in [0.1, 0.15) is 28.9 Å². The van der Waals surface area contributed by atoms with E-state index >= 15 is 0 Å². The van der Waals surface area contributed by atoms with E-state index < -0.39 is 18.5 Å². The first-order valence-corrected chi connectivity index (χ1v) is 6.96. The number of nitrogens with one attached hydrogen (secondary N) is 1. The molecular formula is C17H16FNO4. The van der Waals surface area contributed by atoms with Crippen molar-refractivity contribution in [1.82, 2.24) is 5.32 Å². The topological polar surface area (TPSA) is 75.6 Å². The summed E-state index contributed by atoms with van der Waals surface area (Å²) in [5, 5.41) is 11.9. The summed E-state index contributed by atoms with van der Waals surface area (Å²) in [6.07, 6.45) is 0. The summed E-state index contributed by atoms with van der Waals surface area (Å²) in [6.45, 7) is 1.29. The standard InChI is InChI=1S/C17H16FNO4/c1-11(12-5-7-14(18)8-6-12)19-16(21)10-23-17(22)13-3-2-4-15(20)9-13/h2-9,11,20H,10H2,1H3,(H,19,21)/t11-/m1/s1. The smallest absolute Gasteiger partial charge is 0.338 e. The lowest BCUT2D eigenvalue weighted by Crippen LogP contribution is -2.31. The van der Waals surface area contributed by atoms with Crippen LogP contribution in [0.4, 0.5) is 4.39 Å². The normalized spacial score (nSPS) is 11.6. The molecule has 0 bridgehead atoms. The van der Waals surface area contributed by atoms with Gasteiger partial charge in [0.1, 0.15) is 11.6 Å². The van der Waals surface area contributed by atoms with Gasteiger partial charge in [-0.25, -0.2) is 9.18 Å². The Bertz CT molecular complexity index is 700. The summed E-state index contributed by atoms with van der Waals surface area (Å²) in [5.74, 6) is -1.60. The minimum atomic E-state index is -0.703. The average Bonchev–Trinajstić information content (AvgIpc) is 2.53. The molecule has 0 spiro atoms. The van der Waals surface area contributed by atoms with Gasteiger partial charge in [0.15, 0.2) is 6.61 Å². The largest absolute Gasteiger partial charge is 0.508 e. The third-order valence-corrected chi connectivity index (χ3v) is 3.16. The zero-order valence-electron chi connectivity index (χ0n) is 12.5. The van der Waals surface area contributed by atoms with Crippen LogP contribution in [0.2, 0.25) is 0 Å². The number of rotatable bonds is 5. The van der Waals surface area contributed by atoms with Gasteiger partial charge in [-0.2, -0.15) is 0 Å². The van der Waals surface area contributed by atoms with E-state index in [4.69, 9.17) is 4.74 Å². The van der Waals surface area contributed by atoms with Crippen LogP contribution in [0, 0.1) is 5.82 Å². The number of carbonyl (C=O) groups excluding carboxylic acids is 2. The number of hydrogen-bond acceptors (Lipinski definition) is 4. The fourth-order valence-corrected chi connectivity index (χ4v) is 1.97. The lowest BCUT2D eigenvalue weighted by atomic mass is 10.1.